The number of hydrogen-bond donors (Lipinski definition) is 2. The van der Waals surface area contributed by atoms with Crippen molar-refractivity contribution in [2.45, 2.75) is 32.6 Å². The van der Waals surface area contributed by atoms with Gasteiger partial charge in [-0.1, -0.05) is 0 Å². The van der Waals surface area contributed by atoms with Gasteiger partial charge in [0, 0.05) is 43.9 Å². The highest BCUT2D eigenvalue weighted by atomic mass is 16.6. The molecule has 0 aliphatic carbocycles. The molecule has 2 N–H and O–H groups in total. The first-order valence-electron chi connectivity index (χ1n) is 10.7. The highest BCUT2D eigenvalue weighted by molar-refractivity contribution is 5.91. The summed E-state index contributed by atoms with van der Waals surface area (Å²) >= 11 is 0. The lowest BCUT2D eigenvalue weighted by atomic mass is 9.92. The van der Waals surface area contributed by atoms with Crippen molar-refractivity contribution in [2.24, 2.45) is 5.92 Å². The van der Waals surface area contributed by atoms with Gasteiger partial charge in [-0.25, -0.2) is 9.97 Å². The molecule has 1 fully saturated rings. The summed E-state index contributed by atoms with van der Waals surface area (Å²) in [6.07, 6.45) is 5.17. The summed E-state index contributed by atoms with van der Waals surface area (Å²) in [6, 6.07) is 7.53. The van der Waals surface area contributed by atoms with E-state index in [9.17, 15) is 4.79 Å². The topological polar surface area (TPSA) is 88.6 Å². The van der Waals surface area contributed by atoms with Crippen LogP contribution in [0.5, 0.6) is 11.5 Å². The zero-order chi connectivity index (χ0) is 20.8. The van der Waals surface area contributed by atoms with Crippen molar-refractivity contribution < 1.29 is 14.3 Å². The van der Waals surface area contributed by atoms with Crippen LogP contribution >= 0.6 is 0 Å². The quantitative estimate of drug-likeness (QED) is 0.722. The van der Waals surface area contributed by atoms with Crippen molar-refractivity contribution in [1.29, 1.82) is 0 Å². The molecule has 8 nitrogen and oxygen atoms in total. The maximum absolute atomic E-state index is 12.4. The Morgan fingerprint density at radius 1 is 1.13 bits per heavy atom. The van der Waals surface area contributed by atoms with Gasteiger partial charge in [-0.15, -0.1) is 0 Å². The molecule has 0 atom stereocenters. The number of ether oxygens (including phenoxy) is 2. The van der Waals surface area contributed by atoms with Crippen molar-refractivity contribution in [2.75, 3.05) is 48.4 Å². The van der Waals surface area contributed by atoms with Gasteiger partial charge in [0.15, 0.2) is 11.5 Å². The number of fused-ring (bicyclic) bond motifs is 1. The number of carbonyl (C=O) groups excluding carboxylic acids is 1. The normalized spacial score (nSPS) is 16.2. The minimum absolute atomic E-state index is 0.0418. The molecular formula is C22H29N5O3. The van der Waals surface area contributed by atoms with E-state index in [1.54, 1.807) is 6.33 Å². The molecule has 0 radical (unpaired) electrons. The number of rotatable bonds is 7. The third-order valence-electron chi connectivity index (χ3n) is 5.55. The van der Waals surface area contributed by atoms with Gasteiger partial charge in [0.1, 0.15) is 31.2 Å². The molecule has 0 bridgehead atoms. The standard InChI is InChI=1S/C22H29N5O3/c1-2-23-20-14-21(25-15-24-20)27-9-7-16(8-10-27)3-6-22(28)26-17-4-5-18-19(13-17)30-12-11-29-18/h4-5,13-16H,2-3,6-12H2,1H3,(H,26,28)(H,23,24,25). The molecule has 0 unspecified atom stereocenters. The molecule has 2 aliphatic rings. The lowest BCUT2D eigenvalue weighted by Crippen LogP contribution is -2.34. The van der Waals surface area contributed by atoms with Crippen molar-refractivity contribution in [1.82, 2.24) is 9.97 Å². The second-order valence-corrected chi connectivity index (χ2v) is 7.67. The van der Waals surface area contributed by atoms with Crippen LogP contribution in [0, 0.1) is 5.92 Å². The third kappa shape index (κ3) is 5.11. The van der Waals surface area contributed by atoms with Crippen LogP contribution < -0.4 is 25.0 Å². The second kappa shape index (κ2) is 9.65. The van der Waals surface area contributed by atoms with Crippen LogP contribution in [0.3, 0.4) is 0 Å². The summed E-state index contributed by atoms with van der Waals surface area (Å²) in [4.78, 5) is 23.3. The molecule has 1 amide bonds. The van der Waals surface area contributed by atoms with Crippen LogP contribution in [0.1, 0.15) is 32.6 Å². The first-order chi connectivity index (χ1) is 14.7. The minimum Gasteiger partial charge on any atom is -0.486 e. The predicted molar refractivity (Wildman–Crippen MR) is 116 cm³/mol. The zero-order valence-electron chi connectivity index (χ0n) is 17.4. The molecule has 3 heterocycles. The lowest BCUT2D eigenvalue weighted by Gasteiger charge is -2.32. The summed E-state index contributed by atoms with van der Waals surface area (Å²) in [5.41, 5.74) is 0.749. The Bertz CT molecular complexity index is 868. The number of anilines is 3. The Labute approximate surface area is 177 Å². The van der Waals surface area contributed by atoms with Crippen LogP contribution in [0.25, 0.3) is 0 Å². The van der Waals surface area contributed by atoms with Gasteiger partial charge in [-0.3, -0.25) is 4.79 Å². The van der Waals surface area contributed by atoms with Gasteiger partial charge in [0.05, 0.1) is 0 Å². The lowest BCUT2D eigenvalue weighted by molar-refractivity contribution is -0.116. The number of amides is 1. The molecule has 30 heavy (non-hydrogen) atoms. The number of hydrogen-bond acceptors (Lipinski definition) is 7. The molecule has 160 valence electrons. The van der Waals surface area contributed by atoms with Crippen LogP contribution in [0.4, 0.5) is 17.3 Å². The molecule has 0 saturated carbocycles. The Morgan fingerprint density at radius 3 is 2.73 bits per heavy atom. The van der Waals surface area contributed by atoms with Gasteiger partial charge < -0.3 is 25.0 Å². The van der Waals surface area contributed by atoms with Crippen LogP contribution in [-0.2, 0) is 4.79 Å². The maximum atomic E-state index is 12.4. The van der Waals surface area contributed by atoms with Gasteiger partial charge in [0.2, 0.25) is 5.91 Å². The fourth-order valence-electron chi connectivity index (χ4n) is 3.93. The predicted octanol–water partition coefficient (Wildman–Crippen LogP) is 3.31. The van der Waals surface area contributed by atoms with Crippen molar-refractivity contribution in [3.63, 3.8) is 0 Å². The van der Waals surface area contributed by atoms with E-state index in [-0.39, 0.29) is 5.91 Å². The molecule has 1 aromatic carbocycles. The largest absolute Gasteiger partial charge is 0.486 e. The molecule has 2 aliphatic heterocycles. The molecule has 2 aromatic rings. The fourth-order valence-corrected chi connectivity index (χ4v) is 3.93. The Kier molecular flexibility index (Phi) is 6.51. The first kappa shape index (κ1) is 20.3. The summed E-state index contributed by atoms with van der Waals surface area (Å²) in [5.74, 6) is 3.85. The average Bonchev–Trinajstić information content (AvgIpc) is 2.78. The number of nitrogens with zero attached hydrogens (tertiary/aromatic N) is 3. The average molecular weight is 412 g/mol. The highest BCUT2D eigenvalue weighted by Gasteiger charge is 2.21. The van der Waals surface area contributed by atoms with Crippen LogP contribution in [0.15, 0.2) is 30.6 Å². The molecule has 4 rings (SSSR count). The van der Waals surface area contributed by atoms with Gasteiger partial charge in [-0.2, -0.15) is 0 Å². The van der Waals surface area contributed by atoms with Crippen LogP contribution in [-0.4, -0.2) is 48.7 Å². The monoisotopic (exact) mass is 411 g/mol. The Morgan fingerprint density at radius 2 is 1.93 bits per heavy atom. The van der Waals surface area contributed by atoms with Gasteiger partial charge >= 0.3 is 0 Å². The summed E-state index contributed by atoms with van der Waals surface area (Å²) in [7, 11) is 0. The van der Waals surface area contributed by atoms with Gasteiger partial charge in [0.25, 0.3) is 0 Å². The third-order valence-corrected chi connectivity index (χ3v) is 5.55. The fraction of sp³-hybridized carbons (Fsp3) is 0.500. The summed E-state index contributed by atoms with van der Waals surface area (Å²) in [6.45, 7) is 5.90. The summed E-state index contributed by atoms with van der Waals surface area (Å²) in [5, 5.41) is 6.20. The molecule has 8 heteroatoms. The van der Waals surface area contributed by atoms with E-state index in [4.69, 9.17) is 9.47 Å². The van der Waals surface area contributed by atoms with E-state index in [1.165, 1.54) is 0 Å². The maximum Gasteiger partial charge on any atom is 0.224 e. The molecular weight excluding hydrogens is 382 g/mol. The Hall–Kier alpha value is -3.03. The number of piperidine rings is 1. The summed E-state index contributed by atoms with van der Waals surface area (Å²) < 4.78 is 11.1. The first-order valence-corrected chi connectivity index (χ1v) is 10.7. The second-order valence-electron chi connectivity index (χ2n) is 7.67. The SMILES string of the molecule is CCNc1cc(N2CCC(CCC(=O)Nc3ccc4c(c3)OCCO4)CC2)ncn1. The van der Waals surface area contributed by atoms with Crippen molar-refractivity contribution >= 4 is 23.2 Å². The zero-order valence-corrected chi connectivity index (χ0v) is 17.4. The van der Waals surface area contributed by atoms with Crippen molar-refractivity contribution in [3.8, 4) is 11.5 Å². The van der Waals surface area contributed by atoms with E-state index in [0.29, 0.717) is 31.3 Å². The molecule has 1 saturated heterocycles. The number of aromatic nitrogens is 2. The van der Waals surface area contributed by atoms with E-state index in [1.807, 2.05) is 24.3 Å². The van der Waals surface area contributed by atoms with E-state index >= 15 is 0 Å². The number of nitrogens with one attached hydrogen (secondary N) is 2. The molecule has 0 spiro atoms. The van der Waals surface area contributed by atoms with E-state index in [2.05, 4.69) is 32.4 Å². The van der Waals surface area contributed by atoms with E-state index in [0.717, 1.165) is 62.0 Å². The smallest absolute Gasteiger partial charge is 0.224 e. The highest BCUT2D eigenvalue weighted by Crippen LogP contribution is 2.33. The molecule has 1 aromatic heterocycles. The Balaban J connectivity index is 1.22. The number of benzene rings is 1. The van der Waals surface area contributed by atoms with E-state index < -0.39 is 0 Å². The number of carbonyl (C=O) groups is 1. The minimum atomic E-state index is 0.0418. The van der Waals surface area contributed by atoms with Gasteiger partial charge in [-0.05, 0) is 44.2 Å². The van der Waals surface area contributed by atoms with Crippen molar-refractivity contribution in [3.05, 3.63) is 30.6 Å². The van der Waals surface area contributed by atoms with Crippen LogP contribution in [0.2, 0.25) is 0 Å².